The van der Waals surface area contributed by atoms with E-state index in [1.807, 2.05) is 0 Å². The molecule has 2 N–H and O–H groups in total. The standard InChI is InChI=1S/C12H19NO4/c14-7-6-13(8-4-5-8)11(15)9-2-1-3-10(9)12(16)17/h8-10,14H,1-7H2,(H,16,17). The van der Waals surface area contributed by atoms with E-state index >= 15 is 0 Å². The van der Waals surface area contributed by atoms with Crippen molar-refractivity contribution in [1.82, 2.24) is 4.90 Å². The number of nitrogens with zero attached hydrogens (tertiary/aromatic N) is 1. The van der Waals surface area contributed by atoms with E-state index in [-0.39, 0.29) is 24.5 Å². The van der Waals surface area contributed by atoms with Gasteiger partial charge < -0.3 is 15.1 Å². The molecule has 2 saturated carbocycles. The van der Waals surface area contributed by atoms with Gasteiger partial charge in [-0.05, 0) is 25.7 Å². The topological polar surface area (TPSA) is 77.8 Å². The summed E-state index contributed by atoms with van der Waals surface area (Å²) < 4.78 is 0. The highest BCUT2D eigenvalue weighted by Crippen LogP contribution is 2.36. The lowest BCUT2D eigenvalue weighted by Crippen LogP contribution is -2.42. The summed E-state index contributed by atoms with van der Waals surface area (Å²) in [6.07, 6.45) is 4.05. The Morgan fingerprint density at radius 1 is 1.12 bits per heavy atom. The minimum absolute atomic E-state index is 0.0489. The summed E-state index contributed by atoms with van der Waals surface area (Å²) in [5.41, 5.74) is 0. The predicted octanol–water partition coefficient (Wildman–Crippen LogP) is 0.471. The van der Waals surface area contributed by atoms with Gasteiger partial charge >= 0.3 is 5.97 Å². The van der Waals surface area contributed by atoms with Crippen molar-refractivity contribution in [2.45, 2.75) is 38.1 Å². The molecule has 2 atom stereocenters. The summed E-state index contributed by atoms with van der Waals surface area (Å²) in [7, 11) is 0. The van der Waals surface area contributed by atoms with Gasteiger partial charge in [0.25, 0.3) is 0 Å². The molecule has 0 aromatic carbocycles. The maximum atomic E-state index is 12.3. The van der Waals surface area contributed by atoms with E-state index in [0.717, 1.165) is 19.3 Å². The number of aliphatic hydroxyl groups excluding tert-OH is 1. The van der Waals surface area contributed by atoms with Crippen molar-refractivity contribution in [1.29, 1.82) is 0 Å². The Morgan fingerprint density at radius 3 is 2.29 bits per heavy atom. The van der Waals surface area contributed by atoms with Crippen molar-refractivity contribution in [2.75, 3.05) is 13.2 Å². The number of hydrogen-bond donors (Lipinski definition) is 2. The van der Waals surface area contributed by atoms with Crippen LogP contribution in [0.5, 0.6) is 0 Å². The van der Waals surface area contributed by atoms with E-state index in [0.29, 0.717) is 19.4 Å². The van der Waals surface area contributed by atoms with E-state index in [1.165, 1.54) is 0 Å². The summed E-state index contributed by atoms with van der Waals surface area (Å²) >= 11 is 0. The summed E-state index contributed by atoms with van der Waals surface area (Å²) in [5, 5.41) is 18.0. The monoisotopic (exact) mass is 241 g/mol. The van der Waals surface area contributed by atoms with Crippen molar-refractivity contribution in [3.8, 4) is 0 Å². The Kier molecular flexibility index (Phi) is 3.66. The summed E-state index contributed by atoms with van der Waals surface area (Å²) in [6.45, 7) is 0.291. The average Bonchev–Trinajstić information content (AvgIpc) is 3.00. The van der Waals surface area contributed by atoms with Crippen LogP contribution in [0, 0.1) is 11.8 Å². The molecule has 17 heavy (non-hydrogen) atoms. The van der Waals surface area contributed by atoms with Gasteiger partial charge in [-0.3, -0.25) is 9.59 Å². The molecule has 1 amide bonds. The molecule has 0 radical (unpaired) electrons. The first-order valence-corrected chi connectivity index (χ1v) is 6.29. The molecule has 96 valence electrons. The highest BCUT2D eigenvalue weighted by molar-refractivity contribution is 5.85. The van der Waals surface area contributed by atoms with Crippen molar-refractivity contribution in [3.63, 3.8) is 0 Å². The quantitative estimate of drug-likeness (QED) is 0.733. The molecule has 2 fully saturated rings. The third-order valence-corrected chi connectivity index (χ3v) is 3.76. The molecule has 0 heterocycles. The van der Waals surface area contributed by atoms with Crippen LogP contribution in [0.2, 0.25) is 0 Å². The lowest BCUT2D eigenvalue weighted by Gasteiger charge is -2.26. The fraction of sp³-hybridized carbons (Fsp3) is 0.833. The first-order valence-electron chi connectivity index (χ1n) is 6.29. The van der Waals surface area contributed by atoms with E-state index in [4.69, 9.17) is 10.2 Å². The number of aliphatic carboxylic acids is 1. The average molecular weight is 241 g/mol. The summed E-state index contributed by atoms with van der Waals surface area (Å²) in [4.78, 5) is 25.0. The van der Waals surface area contributed by atoms with Crippen LogP contribution < -0.4 is 0 Å². The highest BCUT2D eigenvalue weighted by atomic mass is 16.4. The molecule has 0 bridgehead atoms. The highest BCUT2D eigenvalue weighted by Gasteiger charge is 2.42. The van der Waals surface area contributed by atoms with Gasteiger partial charge in [0, 0.05) is 12.6 Å². The number of hydrogen-bond acceptors (Lipinski definition) is 3. The fourth-order valence-corrected chi connectivity index (χ4v) is 2.73. The molecule has 2 aliphatic rings. The minimum atomic E-state index is -0.861. The predicted molar refractivity (Wildman–Crippen MR) is 60.3 cm³/mol. The first-order chi connectivity index (χ1) is 8.15. The zero-order chi connectivity index (χ0) is 12.4. The van der Waals surface area contributed by atoms with Crippen LogP contribution in [0.25, 0.3) is 0 Å². The van der Waals surface area contributed by atoms with Crippen molar-refractivity contribution >= 4 is 11.9 Å². The SMILES string of the molecule is O=C(O)C1CCCC1C(=O)N(CCO)C1CC1. The Balaban J connectivity index is 2.03. The lowest BCUT2D eigenvalue weighted by molar-refractivity contribution is -0.149. The Hall–Kier alpha value is -1.10. The molecular formula is C12H19NO4. The zero-order valence-electron chi connectivity index (χ0n) is 9.84. The van der Waals surface area contributed by atoms with Gasteiger partial charge in [0.1, 0.15) is 0 Å². The Bertz CT molecular complexity index is 314. The second kappa shape index (κ2) is 5.04. The Labute approximate surface area is 100 Å². The number of rotatable bonds is 5. The number of carboxylic acids is 1. The molecule has 2 aliphatic carbocycles. The molecule has 0 aromatic rings. The molecule has 2 unspecified atom stereocenters. The van der Waals surface area contributed by atoms with Crippen molar-refractivity contribution in [3.05, 3.63) is 0 Å². The number of amides is 1. The van der Waals surface area contributed by atoms with Crippen molar-refractivity contribution < 1.29 is 19.8 Å². The maximum Gasteiger partial charge on any atom is 0.307 e. The molecule has 0 aliphatic heterocycles. The lowest BCUT2D eigenvalue weighted by atomic mass is 9.94. The van der Waals surface area contributed by atoms with Crippen LogP contribution in [0.15, 0.2) is 0 Å². The van der Waals surface area contributed by atoms with Crippen LogP contribution in [0.4, 0.5) is 0 Å². The van der Waals surface area contributed by atoms with Gasteiger partial charge in [-0.15, -0.1) is 0 Å². The van der Waals surface area contributed by atoms with Gasteiger partial charge in [0.05, 0.1) is 18.4 Å². The second-order valence-corrected chi connectivity index (χ2v) is 4.97. The third-order valence-electron chi connectivity index (χ3n) is 3.76. The van der Waals surface area contributed by atoms with Gasteiger partial charge in [0.15, 0.2) is 0 Å². The molecule has 2 rings (SSSR count). The van der Waals surface area contributed by atoms with Crippen LogP contribution in [-0.2, 0) is 9.59 Å². The van der Waals surface area contributed by atoms with Crippen LogP contribution in [-0.4, -0.2) is 46.2 Å². The van der Waals surface area contributed by atoms with Gasteiger partial charge in [-0.25, -0.2) is 0 Å². The number of carboxylic acid groups (broad SMARTS) is 1. The van der Waals surface area contributed by atoms with Crippen LogP contribution in [0.1, 0.15) is 32.1 Å². The minimum Gasteiger partial charge on any atom is -0.481 e. The van der Waals surface area contributed by atoms with Crippen molar-refractivity contribution in [2.24, 2.45) is 11.8 Å². The number of carbonyl (C=O) groups is 2. The van der Waals surface area contributed by atoms with E-state index in [1.54, 1.807) is 4.90 Å². The van der Waals surface area contributed by atoms with E-state index < -0.39 is 11.9 Å². The smallest absolute Gasteiger partial charge is 0.307 e. The van der Waals surface area contributed by atoms with Crippen LogP contribution >= 0.6 is 0 Å². The largest absolute Gasteiger partial charge is 0.481 e. The second-order valence-electron chi connectivity index (χ2n) is 4.97. The fourth-order valence-electron chi connectivity index (χ4n) is 2.73. The number of carbonyl (C=O) groups excluding carboxylic acids is 1. The van der Waals surface area contributed by atoms with E-state index in [2.05, 4.69) is 0 Å². The normalized spacial score (nSPS) is 28.1. The molecule has 5 heteroatoms. The maximum absolute atomic E-state index is 12.3. The molecule has 5 nitrogen and oxygen atoms in total. The summed E-state index contributed by atoms with van der Waals surface area (Å²) in [6, 6.07) is 0.240. The molecule has 0 saturated heterocycles. The van der Waals surface area contributed by atoms with Gasteiger partial charge in [-0.2, -0.15) is 0 Å². The van der Waals surface area contributed by atoms with E-state index in [9.17, 15) is 9.59 Å². The van der Waals surface area contributed by atoms with Gasteiger partial charge in [-0.1, -0.05) is 6.42 Å². The molecular weight excluding hydrogens is 222 g/mol. The summed E-state index contributed by atoms with van der Waals surface area (Å²) in [5.74, 6) is -1.82. The Morgan fingerprint density at radius 2 is 1.76 bits per heavy atom. The van der Waals surface area contributed by atoms with Gasteiger partial charge in [0.2, 0.25) is 5.91 Å². The van der Waals surface area contributed by atoms with Crippen LogP contribution in [0.3, 0.4) is 0 Å². The first kappa shape index (κ1) is 12.4. The third kappa shape index (κ3) is 2.60. The number of aliphatic hydroxyl groups is 1. The molecule has 0 spiro atoms. The molecule has 0 aromatic heterocycles. The zero-order valence-corrected chi connectivity index (χ0v) is 9.84.